The SMILES string of the molecule is O=C(c1ccn(-c2ccccc2)n1)N1CCN(c2ccc([N+](=O)[O-])cc2)CC1. The van der Waals surface area contributed by atoms with Crippen LogP contribution in [-0.4, -0.2) is 51.7 Å². The summed E-state index contributed by atoms with van der Waals surface area (Å²) in [5, 5.41) is 15.2. The van der Waals surface area contributed by atoms with Crippen molar-refractivity contribution < 1.29 is 9.72 Å². The largest absolute Gasteiger partial charge is 0.368 e. The van der Waals surface area contributed by atoms with E-state index in [9.17, 15) is 14.9 Å². The number of rotatable bonds is 4. The monoisotopic (exact) mass is 377 g/mol. The molecule has 0 N–H and O–H groups in total. The van der Waals surface area contributed by atoms with Crippen molar-refractivity contribution in [3.05, 3.63) is 82.7 Å². The molecule has 0 saturated carbocycles. The Bertz CT molecular complexity index is 977. The number of nitro groups is 1. The highest BCUT2D eigenvalue weighted by molar-refractivity contribution is 5.92. The number of nitro benzene ring substituents is 1. The zero-order valence-corrected chi connectivity index (χ0v) is 15.1. The van der Waals surface area contributed by atoms with Gasteiger partial charge in [-0.15, -0.1) is 0 Å². The molecule has 2 aromatic carbocycles. The van der Waals surface area contributed by atoms with Crippen LogP contribution in [0.3, 0.4) is 0 Å². The maximum Gasteiger partial charge on any atom is 0.274 e. The molecule has 8 nitrogen and oxygen atoms in total. The number of nitrogens with zero attached hydrogens (tertiary/aromatic N) is 5. The molecule has 2 heterocycles. The van der Waals surface area contributed by atoms with Gasteiger partial charge in [0.2, 0.25) is 0 Å². The molecule has 1 aliphatic rings. The van der Waals surface area contributed by atoms with Gasteiger partial charge in [-0.1, -0.05) is 18.2 Å². The number of para-hydroxylation sites is 1. The highest BCUT2D eigenvalue weighted by atomic mass is 16.6. The third-order valence-electron chi connectivity index (χ3n) is 4.82. The fourth-order valence-electron chi connectivity index (χ4n) is 3.28. The van der Waals surface area contributed by atoms with E-state index in [-0.39, 0.29) is 11.6 Å². The minimum absolute atomic E-state index is 0.0755. The van der Waals surface area contributed by atoms with Crippen molar-refractivity contribution in [2.45, 2.75) is 0 Å². The normalized spacial score (nSPS) is 14.1. The number of benzene rings is 2. The molecule has 0 aliphatic carbocycles. The summed E-state index contributed by atoms with van der Waals surface area (Å²) in [4.78, 5) is 27.0. The maximum atomic E-state index is 12.8. The van der Waals surface area contributed by atoms with Crippen LogP contribution >= 0.6 is 0 Å². The summed E-state index contributed by atoms with van der Waals surface area (Å²) in [6.07, 6.45) is 1.79. The van der Waals surface area contributed by atoms with Crippen molar-refractivity contribution in [2.24, 2.45) is 0 Å². The number of non-ortho nitro benzene ring substituents is 1. The second-order valence-corrected chi connectivity index (χ2v) is 6.53. The van der Waals surface area contributed by atoms with Gasteiger partial charge in [0, 0.05) is 50.2 Å². The molecule has 1 amide bonds. The Morgan fingerprint density at radius 3 is 2.21 bits per heavy atom. The first-order chi connectivity index (χ1) is 13.6. The molecule has 0 atom stereocenters. The molecular formula is C20H19N5O3. The van der Waals surface area contributed by atoms with E-state index in [1.807, 2.05) is 30.3 Å². The fourth-order valence-corrected chi connectivity index (χ4v) is 3.28. The van der Waals surface area contributed by atoms with E-state index in [1.54, 1.807) is 34.0 Å². The van der Waals surface area contributed by atoms with E-state index in [2.05, 4.69) is 10.00 Å². The molecule has 1 aliphatic heterocycles. The lowest BCUT2D eigenvalue weighted by Gasteiger charge is -2.35. The minimum atomic E-state index is -0.408. The van der Waals surface area contributed by atoms with Gasteiger partial charge in [0.25, 0.3) is 11.6 Å². The molecule has 1 fully saturated rings. The minimum Gasteiger partial charge on any atom is -0.368 e. The predicted molar refractivity (Wildman–Crippen MR) is 105 cm³/mol. The lowest BCUT2D eigenvalue weighted by molar-refractivity contribution is -0.384. The highest BCUT2D eigenvalue weighted by Crippen LogP contribution is 2.21. The summed E-state index contributed by atoms with van der Waals surface area (Å²) in [6, 6.07) is 17.9. The average molecular weight is 377 g/mol. The smallest absolute Gasteiger partial charge is 0.274 e. The first kappa shape index (κ1) is 17.7. The zero-order valence-electron chi connectivity index (χ0n) is 15.1. The van der Waals surface area contributed by atoms with Crippen molar-refractivity contribution in [2.75, 3.05) is 31.1 Å². The number of carbonyl (C=O) groups excluding carboxylic acids is 1. The van der Waals surface area contributed by atoms with Gasteiger partial charge < -0.3 is 9.80 Å². The Labute approximate surface area is 161 Å². The van der Waals surface area contributed by atoms with Gasteiger partial charge >= 0.3 is 0 Å². The Balaban J connectivity index is 1.39. The number of carbonyl (C=O) groups is 1. The average Bonchev–Trinajstić information content (AvgIpc) is 3.24. The van der Waals surface area contributed by atoms with E-state index in [4.69, 9.17) is 0 Å². The maximum absolute atomic E-state index is 12.8. The predicted octanol–water partition coefficient (Wildman–Crippen LogP) is 2.74. The van der Waals surface area contributed by atoms with Crippen LogP contribution < -0.4 is 4.90 Å². The number of hydrogen-bond donors (Lipinski definition) is 0. The Morgan fingerprint density at radius 2 is 1.57 bits per heavy atom. The van der Waals surface area contributed by atoms with Gasteiger partial charge in [-0.05, 0) is 30.3 Å². The number of aromatic nitrogens is 2. The first-order valence-electron chi connectivity index (χ1n) is 9.01. The summed E-state index contributed by atoms with van der Waals surface area (Å²) < 4.78 is 1.69. The second kappa shape index (κ2) is 7.51. The lowest BCUT2D eigenvalue weighted by atomic mass is 10.2. The van der Waals surface area contributed by atoms with Gasteiger partial charge in [0.15, 0.2) is 5.69 Å². The van der Waals surface area contributed by atoms with Gasteiger partial charge in [0.1, 0.15) is 0 Å². The van der Waals surface area contributed by atoms with Gasteiger partial charge in [-0.3, -0.25) is 14.9 Å². The Morgan fingerprint density at radius 1 is 0.893 bits per heavy atom. The number of hydrogen-bond acceptors (Lipinski definition) is 5. The van der Waals surface area contributed by atoms with E-state index < -0.39 is 4.92 Å². The van der Waals surface area contributed by atoms with Crippen LogP contribution in [0.5, 0.6) is 0 Å². The fraction of sp³-hybridized carbons (Fsp3) is 0.200. The molecule has 1 aromatic heterocycles. The molecule has 0 radical (unpaired) electrons. The molecule has 28 heavy (non-hydrogen) atoms. The third kappa shape index (κ3) is 3.57. The molecule has 0 bridgehead atoms. The van der Waals surface area contributed by atoms with E-state index in [0.717, 1.165) is 11.4 Å². The number of piperazine rings is 1. The lowest BCUT2D eigenvalue weighted by Crippen LogP contribution is -2.48. The molecule has 0 unspecified atom stereocenters. The second-order valence-electron chi connectivity index (χ2n) is 6.53. The van der Waals surface area contributed by atoms with Crippen LogP contribution in [0.4, 0.5) is 11.4 Å². The van der Waals surface area contributed by atoms with Crippen molar-refractivity contribution in [1.82, 2.24) is 14.7 Å². The molecule has 4 rings (SSSR count). The van der Waals surface area contributed by atoms with Crippen LogP contribution in [0.15, 0.2) is 66.9 Å². The third-order valence-corrected chi connectivity index (χ3v) is 4.82. The van der Waals surface area contributed by atoms with E-state index in [0.29, 0.717) is 31.9 Å². The summed E-state index contributed by atoms with van der Waals surface area (Å²) >= 11 is 0. The zero-order chi connectivity index (χ0) is 19.5. The van der Waals surface area contributed by atoms with Crippen molar-refractivity contribution in [3.63, 3.8) is 0 Å². The van der Waals surface area contributed by atoms with Crippen LogP contribution in [0, 0.1) is 10.1 Å². The summed E-state index contributed by atoms with van der Waals surface area (Å²) in [6.45, 7) is 2.49. The van der Waals surface area contributed by atoms with Gasteiger partial charge in [0.05, 0.1) is 10.6 Å². The number of amides is 1. The molecule has 0 spiro atoms. The Kier molecular flexibility index (Phi) is 4.76. The molecule has 142 valence electrons. The van der Waals surface area contributed by atoms with Crippen LogP contribution in [0.2, 0.25) is 0 Å². The molecule has 3 aromatic rings. The quantitative estimate of drug-likeness (QED) is 0.516. The standard InChI is InChI=1S/C20H19N5O3/c26-20(19-10-11-24(21-19)17-4-2-1-3-5-17)23-14-12-22(13-15-23)16-6-8-18(9-7-16)25(27)28/h1-11H,12-15H2. The van der Waals surface area contributed by atoms with Crippen molar-refractivity contribution >= 4 is 17.3 Å². The van der Waals surface area contributed by atoms with E-state index >= 15 is 0 Å². The van der Waals surface area contributed by atoms with Crippen LogP contribution in [-0.2, 0) is 0 Å². The van der Waals surface area contributed by atoms with Crippen LogP contribution in [0.1, 0.15) is 10.5 Å². The molecular weight excluding hydrogens is 358 g/mol. The van der Waals surface area contributed by atoms with Crippen molar-refractivity contribution in [1.29, 1.82) is 0 Å². The summed E-state index contributed by atoms with van der Waals surface area (Å²) in [5.41, 5.74) is 2.33. The Hall–Kier alpha value is -3.68. The van der Waals surface area contributed by atoms with Gasteiger partial charge in [-0.25, -0.2) is 4.68 Å². The van der Waals surface area contributed by atoms with Gasteiger partial charge in [-0.2, -0.15) is 5.10 Å². The summed E-state index contributed by atoms with van der Waals surface area (Å²) in [7, 11) is 0. The van der Waals surface area contributed by atoms with Crippen molar-refractivity contribution in [3.8, 4) is 5.69 Å². The molecule has 1 saturated heterocycles. The first-order valence-corrected chi connectivity index (χ1v) is 9.01. The number of anilines is 1. The summed E-state index contributed by atoms with van der Waals surface area (Å²) in [5.74, 6) is -0.0852. The van der Waals surface area contributed by atoms with Crippen LogP contribution in [0.25, 0.3) is 5.69 Å². The van der Waals surface area contributed by atoms with E-state index in [1.165, 1.54) is 12.1 Å². The molecule has 8 heteroatoms. The topological polar surface area (TPSA) is 84.5 Å². The highest BCUT2D eigenvalue weighted by Gasteiger charge is 2.24.